The van der Waals surface area contributed by atoms with E-state index in [1.54, 1.807) is 7.11 Å². The number of morpholine rings is 1. The Morgan fingerprint density at radius 1 is 1.14 bits per heavy atom. The van der Waals surface area contributed by atoms with Gasteiger partial charge in [0.25, 0.3) is 0 Å². The maximum Gasteiger partial charge on any atom is 0.166 e. The van der Waals surface area contributed by atoms with Crippen molar-refractivity contribution in [3.63, 3.8) is 0 Å². The van der Waals surface area contributed by atoms with Crippen molar-refractivity contribution in [2.24, 2.45) is 0 Å². The second kappa shape index (κ2) is 11.4. The summed E-state index contributed by atoms with van der Waals surface area (Å²) < 4.78 is 18.1. The maximum atomic E-state index is 6.14. The van der Waals surface area contributed by atoms with Gasteiger partial charge in [0.1, 0.15) is 6.61 Å². The van der Waals surface area contributed by atoms with Gasteiger partial charge in [0.05, 0.1) is 20.3 Å². The van der Waals surface area contributed by atoms with E-state index in [0.717, 1.165) is 79.5 Å². The van der Waals surface area contributed by atoms with Crippen LogP contribution in [0, 0.1) is 0 Å². The normalized spacial score (nSPS) is 14.8. The highest BCUT2D eigenvalue weighted by Gasteiger charge is 2.13. The Hall–Kier alpha value is -1.60. The first-order valence-electron chi connectivity index (χ1n) is 9.80. The van der Waals surface area contributed by atoms with Crippen molar-refractivity contribution in [3.05, 3.63) is 58.1 Å². The van der Waals surface area contributed by atoms with Crippen molar-refractivity contribution in [2.45, 2.75) is 19.6 Å². The average Bonchev–Trinajstić information content (AvgIpc) is 2.73. The Morgan fingerprint density at radius 3 is 2.68 bits per heavy atom. The van der Waals surface area contributed by atoms with Crippen LogP contribution in [0.25, 0.3) is 0 Å². The van der Waals surface area contributed by atoms with E-state index in [2.05, 4.69) is 44.3 Å². The first-order chi connectivity index (χ1) is 13.8. The van der Waals surface area contributed by atoms with Gasteiger partial charge in [-0.15, -0.1) is 0 Å². The van der Waals surface area contributed by atoms with E-state index >= 15 is 0 Å². The van der Waals surface area contributed by atoms with Crippen LogP contribution in [0.15, 0.2) is 46.9 Å². The zero-order valence-corrected chi connectivity index (χ0v) is 18.0. The molecule has 0 amide bonds. The summed E-state index contributed by atoms with van der Waals surface area (Å²) in [5.74, 6) is 1.55. The van der Waals surface area contributed by atoms with Gasteiger partial charge in [-0.2, -0.15) is 0 Å². The minimum Gasteiger partial charge on any atom is -0.493 e. The molecule has 1 fully saturated rings. The molecular weight excluding hydrogens is 420 g/mol. The number of benzene rings is 2. The van der Waals surface area contributed by atoms with E-state index < -0.39 is 0 Å². The lowest BCUT2D eigenvalue weighted by Crippen LogP contribution is -2.37. The number of ether oxygens (including phenoxy) is 3. The standard InChI is InChI=1S/C22H29BrN2O3/c1-26-21-15-20(23)14-19(22(21)28-17-18-6-3-2-4-7-18)16-24-8-5-9-25-10-12-27-13-11-25/h2-4,6-7,14-15,24H,5,8-13,16-17H2,1H3. The summed E-state index contributed by atoms with van der Waals surface area (Å²) in [5.41, 5.74) is 2.23. The van der Waals surface area contributed by atoms with Crippen molar-refractivity contribution >= 4 is 15.9 Å². The highest BCUT2D eigenvalue weighted by Crippen LogP contribution is 2.35. The molecule has 0 saturated carbocycles. The number of hydrogen-bond donors (Lipinski definition) is 1. The highest BCUT2D eigenvalue weighted by molar-refractivity contribution is 9.10. The Bertz CT molecular complexity index is 721. The summed E-state index contributed by atoms with van der Waals surface area (Å²) in [6.07, 6.45) is 1.12. The van der Waals surface area contributed by atoms with Gasteiger partial charge in [-0.1, -0.05) is 46.3 Å². The smallest absolute Gasteiger partial charge is 0.166 e. The van der Waals surface area contributed by atoms with Crippen molar-refractivity contribution in [1.82, 2.24) is 10.2 Å². The van der Waals surface area contributed by atoms with E-state index in [0.29, 0.717) is 6.61 Å². The summed E-state index contributed by atoms with van der Waals surface area (Å²) in [5, 5.41) is 3.54. The van der Waals surface area contributed by atoms with Crippen LogP contribution >= 0.6 is 15.9 Å². The van der Waals surface area contributed by atoms with Crippen LogP contribution in [-0.2, 0) is 17.9 Å². The molecule has 1 N–H and O–H groups in total. The predicted octanol–water partition coefficient (Wildman–Crippen LogP) is 3.85. The third-order valence-electron chi connectivity index (χ3n) is 4.79. The first kappa shape index (κ1) is 21.1. The molecular formula is C22H29BrN2O3. The Balaban J connectivity index is 1.55. The van der Waals surface area contributed by atoms with E-state index in [-0.39, 0.29) is 0 Å². The monoisotopic (exact) mass is 448 g/mol. The second-order valence-corrected chi connectivity index (χ2v) is 7.77. The molecule has 0 aliphatic carbocycles. The molecule has 1 aliphatic rings. The minimum absolute atomic E-state index is 0.517. The Kier molecular flexibility index (Phi) is 8.61. The molecule has 0 bridgehead atoms. The van der Waals surface area contributed by atoms with Crippen molar-refractivity contribution < 1.29 is 14.2 Å². The molecule has 0 atom stereocenters. The fraction of sp³-hybridized carbons (Fsp3) is 0.455. The van der Waals surface area contributed by atoms with Crippen LogP contribution in [0.1, 0.15) is 17.5 Å². The molecule has 0 unspecified atom stereocenters. The van der Waals surface area contributed by atoms with Gasteiger partial charge in [-0.3, -0.25) is 4.90 Å². The lowest BCUT2D eigenvalue weighted by atomic mass is 10.1. The predicted molar refractivity (Wildman–Crippen MR) is 115 cm³/mol. The van der Waals surface area contributed by atoms with Crippen LogP contribution in [0.4, 0.5) is 0 Å². The maximum absolute atomic E-state index is 6.14. The molecule has 0 spiro atoms. The van der Waals surface area contributed by atoms with Gasteiger partial charge in [0.2, 0.25) is 0 Å². The summed E-state index contributed by atoms with van der Waals surface area (Å²) in [7, 11) is 1.68. The molecule has 1 saturated heterocycles. The second-order valence-electron chi connectivity index (χ2n) is 6.85. The molecule has 1 aliphatic heterocycles. The first-order valence-corrected chi connectivity index (χ1v) is 10.6. The van der Waals surface area contributed by atoms with Crippen LogP contribution in [-0.4, -0.2) is 51.4 Å². The summed E-state index contributed by atoms with van der Waals surface area (Å²) in [6.45, 7) is 7.12. The number of nitrogens with one attached hydrogen (secondary N) is 1. The molecule has 0 radical (unpaired) electrons. The third kappa shape index (κ3) is 6.48. The van der Waals surface area contributed by atoms with Gasteiger partial charge in [0, 0.05) is 29.7 Å². The molecule has 3 rings (SSSR count). The van der Waals surface area contributed by atoms with Crippen molar-refractivity contribution in [3.8, 4) is 11.5 Å². The van der Waals surface area contributed by atoms with E-state index in [9.17, 15) is 0 Å². The van der Waals surface area contributed by atoms with Gasteiger partial charge in [0.15, 0.2) is 11.5 Å². The zero-order valence-electron chi connectivity index (χ0n) is 16.5. The van der Waals surface area contributed by atoms with Gasteiger partial charge >= 0.3 is 0 Å². The van der Waals surface area contributed by atoms with E-state index in [1.807, 2.05) is 24.3 Å². The van der Waals surface area contributed by atoms with Crippen LogP contribution in [0.2, 0.25) is 0 Å². The molecule has 5 nitrogen and oxygen atoms in total. The van der Waals surface area contributed by atoms with Crippen LogP contribution in [0.3, 0.4) is 0 Å². The van der Waals surface area contributed by atoms with E-state index in [1.165, 1.54) is 0 Å². The molecule has 2 aromatic rings. The highest BCUT2D eigenvalue weighted by atomic mass is 79.9. The number of methoxy groups -OCH3 is 1. The Morgan fingerprint density at radius 2 is 1.93 bits per heavy atom. The topological polar surface area (TPSA) is 43.0 Å². The fourth-order valence-electron chi connectivity index (χ4n) is 3.27. The largest absolute Gasteiger partial charge is 0.493 e. The zero-order chi connectivity index (χ0) is 19.6. The number of rotatable bonds is 10. The number of nitrogens with zero attached hydrogens (tertiary/aromatic N) is 1. The van der Waals surface area contributed by atoms with Crippen LogP contribution in [0.5, 0.6) is 11.5 Å². The summed E-state index contributed by atoms with van der Waals surface area (Å²) in [6, 6.07) is 14.2. The van der Waals surface area contributed by atoms with Crippen LogP contribution < -0.4 is 14.8 Å². The van der Waals surface area contributed by atoms with E-state index in [4.69, 9.17) is 14.2 Å². The molecule has 28 heavy (non-hydrogen) atoms. The summed E-state index contributed by atoms with van der Waals surface area (Å²) >= 11 is 3.58. The lowest BCUT2D eigenvalue weighted by molar-refractivity contribution is 0.0374. The molecule has 152 valence electrons. The molecule has 2 aromatic carbocycles. The lowest BCUT2D eigenvalue weighted by Gasteiger charge is -2.26. The minimum atomic E-state index is 0.517. The quantitative estimate of drug-likeness (QED) is 0.559. The Labute approximate surface area is 176 Å². The van der Waals surface area contributed by atoms with Crippen molar-refractivity contribution in [2.75, 3.05) is 46.5 Å². The molecule has 0 aromatic heterocycles. The number of halogens is 1. The van der Waals surface area contributed by atoms with Gasteiger partial charge in [-0.05, 0) is 37.2 Å². The molecule has 6 heteroatoms. The van der Waals surface area contributed by atoms with Gasteiger partial charge in [-0.25, -0.2) is 0 Å². The SMILES string of the molecule is COc1cc(Br)cc(CNCCCN2CCOCC2)c1OCc1ccccc1. The summed E-state index contributed by atoms with van der Waals surface area (Å²) in [4.78, 5) is 2.46. The van der Waals surface area contributed by atoms with Gasteiger partial charge < -0.3 is 19.5 Å². The van der Waals surface area contributed by atoms with Crippen molar-refractivity contribution in [1.29, 1.82) is 0 Å². The third-order valence-corrected chi connectivity index (χ3v) is 5.25. The number of hydrogen-bond acceptors (Lipinski definition) is 5. The fourth-order valence-corrected chi connectivity index (χ4v) is 3.76. The molecule has 1 heterocycles. The average molecular weight is 449 g/mol.